The third kappa shape index (κ3) is 4.00. The van der Waals surface area contributed by atoms with Gasteiger partial charge in [-0.1, -0.05) is 47.6 Å². The average molecular weight is 338 g/mol. The van der Waals surface area contributed by atoms with Crippen LogP contribution < -0.4 is 15.5 Å². The average Bonchev–Trinajstić information content (AvgIpc) is 2.85. The van der Waals surface area contributed by atoms with Gasteiger partial charge in [-0.3, -0.25) is 9.78 Å². The number of pyridine rings is 1. The first-order valence-corrected chi connectivity index (χ1v) is 8.01. The van der Waals surface area contributed by atoms with Gasteiger partial charge >= 0.3 is 0 Å². The number of aromatic nitrogens is 1. The Balaban J connectivity index is 1.85. The van der Waals surface area contributed by atoms with Crippen LogP contribution in [0.1, 0.15) is 11.3 Å². The summed E-state index contributed by atoms with van der Waals surface area (Å²) in [4.78, 5) is 16.5. The topological polar surface area (TPSA) is 51.2 Å². The van der Waals surface area contributed by atoms with Gasteiger partial charge in [0, 0.05) is 11.8 Å². The molecule has 1 N–H and O–H groups in total. The van der Waals surface area contributed by atoms with E-state index in [1.807, 2.05) is 18.2 Å². The second-order valence-electron chi connectivity index (χ2n) is 4.76. The number of ether oxygens (including phenoxy) is 1. The molecule has 1 aromatic carbocycles. The predicted molar refractivity (Wildman–Crippen MR) is 96.7 cm³/mol. The lowest BCUT2D eigenvalue weighted by molar-refractivity contribution is -0.115. The van der Waals surface area contributed by atoms with Crippen LogP contribution in [0.3, 0.4) is 0 Å². The van der Waals surface area contributed by atoms with Crippen molar-refractivity contribution in [3.05, 3.63) is 58.8 Å². The zero-order valence-electron chi connectivity index (χ0n) is 12.0. The van der Waals surface area contributed by atoms with Crippen LogP contribution in [0.5, 0.6) is 5.75 Å². The van der Waals surface area contributed by atoms with E-state index in [-0.39, 0.29) is 5.91 Å². The molecule has 1 aliphatic rings. The summed E-state index contributed by atoms with van der Waals surface area (Å²) in [6.45, 7) is 0.332. The normalized spacial score (nSPS) is 15.7. The van der Waals surface area contributed by atoms with Gasteiger partial charge in [0.05, 0.1) is 10.6 Å². The zero-order chi connectivity index (χ0) is 16.2. The molecular weight excluding hydrogens is 327 g/mol. The van der Waals surface area contributed by atoms with Gasteiger partial charge in [0.15, 0.2) is 0 Å². The first kappa shape index (κ1) is 15.8. The van der Waals surface area contributed by atoms with E-state index in [2.05, 4.69) is 10.3 Å². The first-order chi connectivity index (χ1) is 11.1. The molecule has 3 rings (SSSR count). The predicted octanol–water partition coefficient (Wildman–Crippen LogP) is 1.94. The second-order valence-corrected chi connectivity index (χ2v) is 6.48. The molecule has 0 unspecified atom stereocenters. The highest BCUT2D eigenvalue weighted by atomic mass is 32.2. The minimum atomic E-state index is -0.210. The molecule has 23 heavy (non-hydrogen) atoms. The van der Waals surface area contributed by atoms with Gasteiger partial charge in [-0.25, -0.2) is 0 Å². The largest absolute Gasteiger partial charge is 0.487 e. The minimum Gasteiger partial charge on any atom is -0.487 e. The number of nitrogens with zero attached hydrogens (tertiary/aromatic N) is 1. The minimum absolute atomic E-state index is 0.210. The molecule has 0 saturated carbocycles. The molecule has 0 atom stereocenters. The molecule has 2 heterocycles. The number of hydrogen-bond donors (Lipinski definition) is 1. The summed E-state index contributed by atoms with van der Waals surface area (Å²) in [6, 6.07) is 10.9. The summed E-state index contributed by atoms with van der Waals surface area (Å²) in [5, 5.41) is 2.58. The van der Waals surface area contributed by atoms with Crippen molar-refractivity contribution in [2.45, 2.75) is 6.61 Å². The molecule has 112 valence electrons. The maximum Gasteiger partial charge on any atom is 0.263 e. The highest BCUT2D eigenvalue weighted by Gasteiger charge is 2.22. The lowest BCUT2D eigenvalue weighted by Crippen LogP contribution is -2.17. The standard InChI is InChI=1S/C16H11BN2O2S2/c17-11-4-5-13(21-9-12-3-1-2-6-18-12)10(7-11)8-14-15(20)19-16(22)23-14/h1-8H,9H2,(H,19,20,22)/b14-8-. The Hall–Kier alpha value is -2.12. The maximum atomic E-state index is 11.8. The number of benzene rings is 1. The fourth-order valence-electron chi connectivity index (χ4n) is 2.01. The van der Waals surface area contributed by atoms with E-state index in [0.717, 1.165) is 11.3 Å². The van der Waals surface area contributed by atoms with Crippen LogP contribution in [0.25, 0.3) is 6.08 Å². The summed E-state index contributed by atoms with van der Waals surface area (Å²) in [7, 11) is 5.84. The fraction of sp³-hybridized carbons (Fsp3) is 0.0625. The molecule has 1 aliphatic heterocycles. The van der Waals surface area contributed by atoms with Crippen molar-refractivity contribution in [2.75, 3.05) is 0 Å². The molecule has 2 radical (unpaired) electrons. The number of hydrogen-bond acceptors (Lipinski definition) is 5. The van der Waals surface area contributed by atoms with Crippen LogP contribution in [0.15, 0.2) is 47.5 Å². The van der Waals surface area contributed by atoms with Crippen molar-refractivity contribution in [2.24, 2.45) is 0 Å². The van der Waals surface area contributed by atoms with Gasteiger partial charge < -0.3 is 10.1 Å². The molecule has 4 nitrogen and oxygen atoms in total. The van der Waals surface area contributed by atoms with E-state index in [1.165, 1.54) is 11.8 Å². The van der Waals surface area contributed by atoms with Crippen molar-refractivity contribution in [3.8, 4) is 5.75 Å². The van der Waals surface area contributed by atoms with Crippen molar-refractivity contribution < 1.29 is 9.53 Å². The number of amides is 1. The Bertz CT molecular complexity index is 794. The van der Waals surface area contributed by atoms with Crippen molar-refractivity contribution in [1.82, 2.24) is 10.3 Å². The van der Waals surface area contributed by atoms with Gasteiger partial charge in [-0.15, -0.1) is 0 Å². The second kappa shape index (κ2) is 6.98. The first-order valence-electron chi connectivity index (χ1n) is 6.79. The smallest absolute Gasteiger partial charge is 0.263 e. The van der Waals surface area contributed by atoms with E-state index in [4.69, 9.17) is 24.8 Å². The molecule has 1 amide bonds. The number of thioether (sulfide) groups is 1. The lowest BCUT2D eigenvalue weighted by atomic mass is 9.94. The van der Waals surface area contributed by atoms with Gasteiger partial charge in [0.2, 0.25) is 0 Å². The SMILES string of the molecule is [B]c1ccc(OCc2ccccn2)c(/C=C2\SC(=S)NC2=O)c1. The third-order valence-electron chi connectivity index (χ3n) is 3.06. The van der Waals surface area contributed by atoms with Crippen molar-refractivity contribution >= 4 is 53.6 Å². The van der Waals surface area contributed by atoms with Crippen LogP contribution in [0.4, 0.5) is 0 Å². The Morgan fingerprint density at radius 3 is 2.91 bits per heavy atom. The number of carbonyl (C=O) groups is 1. The van der Waals surface area contributed by atoms with Gasteiger partial charge in [0.25, 0.3) is 5.91 Å². The summed E-state index contributed by atoms with van der Waals surface area (Å²) in [5.41, 5.74) is 2.13. The summed E-state index contributed by atoms with van der Waals surface area (Å²) in [6.07, 6.45) is 3.44. The quantitative estimate of drug-likeness (QED) is 0.525. The lowest BCUT2D eigenvalue weighted by Gasteiger charge is -2.10. The van der Waals surface area contributed by atoms with E-state index < -0.39 is 0 Å². The summed E-state index contributed by atoms with van der Waals surface area (Å²) in [5.74, 6) is 0.418. The highest BCUT2D eigenvalue weighted by molar-refractivity contribution is 8.26. The van der Waals surface area contributed by atoms with Gasteiger partial charge in [0.1, 0.15) is 24.5 Å². The number of rotatable bonds is 4. The van der Waals surface area contributed by atoms with E-state index in [0.29, 0.717) is 27.0 Å². The Morgan fingerprint density at radius 1 is 1.35 bits per heavy atom. The molecule has 1 saturated heterocycles. The van der Waals surface area contributed by atoms with Crippen LogP contribution in [-0.4, -0.2) is 23.1 Å². The number of carbonyl (C=O) groups excluding carboxylic acids is 1. The fourth-order valence-corrected chi connectivity index (χ4v) is 3.04. The molecule has 0 aliphatic carbocycles. The maximum absolute atomic E-state index is 11.8. The molecule has 1 fully saturated rings. The summed E-state index contributed by atoms with van der Waals surface area (Å²) < 4.78 is 6.26. The monoisotopic (exact) mass is 338 g/mol. The van der Waals surface area contributed by atoms with Crippen LogP contribution in [0, 0.1) is 0 Å². The Labute approximate surface area is 144 Å². The molecule has 0 bridgehead atoms. The zero-order valence-corrected chi connectivity index (χ0v) is 13.6. The molecule has 2 aromatic rings. The van der Waals surface area contributed by atoms with E-state index in [9.17, 15) is 4.79 Å². The van der Waals surface area contributed by atoms with Crippen LogP contribution in [-0.2, 0) is 11.4 Å². The number of nitrogens with one attached hydrogen (secondary N) is 1. The molecule has 7 heteroatoms. The van der Waals surface area contributed by atoms with E-state index in [1.54, 1.807) is 30.5 Å². The van der Waals surface area contributed by atoms with E-state index >= 15 is 0 Å². The summed E-state index contributed by atoms with van der Waals surface area (Å²) >= 11 is 6.21. The Morgan fingerprint density at radius 2 is 2.22 bits per heavy atom. The van der Waals surface area contributed by atoms with Crippen LogP contribution >= 0.6 is 24.0 Å². The van der Waals surface area contributed by atoms with Gasteiger partial charge in [-0.2, -0.15) is 0 Å². The Kier molecular flexibility index (Phi) is 4.78. The van der Waals surface area contributed by atoms with Crippen LogP contribution in [0.2, 0.25) is 0 Å². The molecule has 0 spiro atoms. The number of thiocarbonyl (C=S) groups is 1. The third-order valence-corrected chi connectivity index (χ3v) is 4.23. The highest BCUT2D eigenvalue weighted by Crippen LogP contribution is 2.29. The van der Waals surface area contributed by atoms with Gasteiger partial charge in [-0.05, 0) is 24.3 Å². The molecular formula is C16H11BN2O2S2. The van der Waals surface area contributed by atoms with Crippen molar-refractivity contribution in [1.29, 1.82) is 0 Å². The molecule has 1 aromatic heterocycles. The van der Waals surface area contributed by atoms with Crippen molar-refractivity contribution in [3.63, 3.8) is 0 Å².